The molecule has 3 aromatic rings. The van der Waals surface area contributed by atoms with Crippen LogP contribution in [0.4, 0.5) is 10.1 Å². The molecule has 54 heavy (non-hydrogen) atoms. The molecule has 4 heterocycles. The summed E-state index contributed by atoms with van der Waals surface area (Å²) in [4.78, 5) is 68.5. The molecule has 5 amide bonds. The first kappa shape index (κ1) is 35.3. The van der Waals surface area contributed by atoms with Gasteiger partial charge in [-0.3, -0.25) is 34.2 Å². The summed E-state index contributed by atoms with van der Waals surface area (Å²) in [6, 6.07) is 13.8. The molecule has 274 valence electrons. The molecule has 0 aromatic heterocycles. The fraction of sp³-hybridized carbons (Fsp3) is 0.366. The molecule has 1 aliphatic carbocycles. The second-order valence-corrected chi connectivity index (χ2v) is 16.2. The lowest BCUT2D eigenvalue weighted by Gasteiger charge is -2.65. The number of carbonyl (C=O) groups is 5. The molecule has 1 N–H and O–H groups in total. The summed E-state index contributed by atoms with van der Waals surface area (Å²) < 4.78 is 21.7. The fourth-order valence-corrected chi connectivity index (χ4v) is 9.53. The smallest absolute Gasteiger partial charge is 0.262 e. The third-order valence-corrected chi connectivity index (χ3v) is 11.8. The van der Waals surface area contributed by atoms with E-state index in [2.05, 4.69) is 50.9 Å². The number of hydrogen-bond donors (Lipinski definition) is 1. The standard InChI is InChI=1S/C41H35ClFN5O6/c1-40(2)38(41(3,4)39(40)54-25-9-8-23(17-44)29(42)14-25)47-20-24-13-21(7-10-26(24)35(47)51)5-6-22-18-46(19-22)32-16-28-27(15-30(32)43)36(52)48(37(28)53)31-11-12-33(49)45-34(31)50/h7-10,13-16,22,31,38-39H,11-12,18-20H2,1-4H3,(H,45,49,50)/t31?,38-,39-. The van der Waals surface area contributed by atoms with Crippen molar-refractivity contribution in [3.63, 3.8) is 0 Å². The number of halogens is 2. The number of fused-ring (bicyclic) bond motifs is 2. The van der Waals surface area contributed by atoms with E-state index >= 15 is 4.39 Å². The Morgan fingerprint density at radius 1 is 0.907 bits per heavy atom. The number of piperidine rings is 1. The number of benzene rings is 3. The summed E-state index contributed by atoms with van der Waals surface area (Å²) in [5.41, 5.74) is 1.96. The maximum absolute atomic E-state index is 15.3. The Morgan fingerprint density at radius 3 is 2.28 bits per heavy atom. The zero-order valence-electron chi connectivity index (χ0n) is 30.0. The largest absolute Gasteiger partial charge is 0.489 e. The topological polar surface area (TPSA) is 140 Å². The number of nitrogens with one attached hydrogen (secondary N) is 1. The molecule has 0 bridgehead atoms. The van der Waals surface area contributed by atoms with Gasteiger partial charge in [-0.2, -0.15) is 5.26 Å². The van der Waals surface area contributed by atoms with Gasteiger partial charge in [0.2, 0.25) is 11.8 Å². The van der Waals surface area contributed by atoms with Gasteiger partial charge in [0.15, 0.2) is 0 Å². The quantitative estimate of drug-likeness (QED) is 0.282. The Kier molecular flexibility index (Phi) is 8.13. The predicted octanol–water partition coefficient (Wildman–Crippen LogP) is 5.08. The summed E-state index contributed by atoms with van der Waals surface area (Å²) in [6.07, 6.45) is -0.212. The third kappa shape index (κ3) is 5.42. The number of nitriles is 1. The minimum Gasteiger partial charge on any atom is -0.489 e. The van der Waals surface area contributed by atoms with E-state index in [9.17, 15) is 29.2 Å². The van der Waals surface area contributed by atoms with E-state index in [0.29, 0.717) is 41.5 Å². The minimum absolute atomic E-state index is 0.00539. The molecule has 8 rings (SSSR count). The molecule has 2 saturated heterocycles. The van der Waals surface area contributed by atoms with Gasteiger partial charge in [-0.25, -0.2) is 4.39 Å². The summed E-state index contributed by atoms with van der Waals surface area (Å²) >= 11 is 6.26. The van der Waals surface area contributed by atoms with Crippen LogP contribution in [0.3, 0.4) is 0 Å². The van der Waals surface area contributed by atoms with Crippen LogP contribution >= 0.6 is 11.6 Å². The highest BCUT2D eigenvalue weighted by atomic mass is 35.5. The van der Waals surface area contributed by atoms with Crippen molar-refractivity contribution in [1.82, 2.24) is 15.1 Å². The highest BCUT2D eigenvalue weighted by molar-refractivity contribution is 6.31. The van der Waals surface area contributed by atoms with Crippen LogP contribution in [0.5, 0.6) is 5.75 Å². The van der Waals surface area contributed by atoms with E-state index in [1.807, 2.05) is 23.1 Å². The molecular weight excluding hydrogens is 713 g/mol. The van der Waals surface area contributed by atoms with Gasteiger partial charge in [-0.15, -0.1) is 0 Å². The van der Waals surface area contributed by atoms with Crippen LogP contribution in [-0.2, 0) is 16.1 Å². The van der Waals surface area contributed by atoms with Crippen LogP contribution in [0.1, 0.15) is 88.3 Å². The monoisotopic (exact) mass is 747 g/mol. The molecule has 4 aliphatic heterocycles. The molecule has 13 heteroatoms. The molecule has 3 aromatic carbocycles. The van der Waals surface area contributed by atoms with Crippen LogP contribution in [0.2, 0.25) is 5.02 Å². The molecular formula is C41H35ClFN5O6. The highest BCUT2D eigenvalue weighted by Gasteiger charge is 2.67. The van der Waals surface area contributed by atoms with E-state index < -0.39 is 46.3 Å². The van der Waals surface area contributed by atoms with Gasteiger partial charge in [0, 0.05) is 60.1 Å². The summed E-state index contributed by atoms with van der Waals surface area (Å²) in [5.74, 6) is 3.60. The molecule has 11 nitrogen and oxygen atoms in total. The number of imide groups is 2. The van der Waals surface area contributed by atoms with Crippen LogP contribution in [0.25, 0.3) is 0 Å². The van der Waals surface area contributed by atoms with E-state index in [1.54, 1.807) is 23.1 Å². The maximum Gasteiger partial charge on any atom is 0.262 e. The third-order valence-electron chi connectivity index (χ3n) is 11.5. The predicted molar refractivity (Wildman–Crippen MR) is 194 cm³/mol. The Labute approximate surface area is 316 Å². The number of nitrogens with zero attached hydrogens (tertiary/aromatic N) is 4. The number of carbonyl (C=O) groups excluding carboxylic acids is 5. The van der Waals surface area contributed by atoms with Gasteiger partial charge in [0.05, 0.1) is 33.3 Å². The first-order chi connectivity index (χ1) is 25.6. The lowest BCUT2D eigenvalue weighted by molar-refractivity contribution is -0.199. The number of hydrogen-bond acceptors (Lipinski definition) is 8. The van der Waals surface area contributed by atoms with Crippen LogP contribution in [0.15, 0.2) is 48.5 Å². The van der Waals surface area contributed by atoms with Crippen molar-refractivity contribution in [1.29, 1.82) is 5.26 Å². The van der Waals surface area contributed by atoms with Crippen LogP contribution < -0.4 is 15.0 Å². The van der Waals surface area contributed by atoms with Crippen molar-refractivity contribution in [3.8, 4) is 23.7 Å². The van der Waals surface area contributed by atoms with Gasteiger partial charge >= 0.3 is 0 Å². The lowest BCUT2D eigenvalue weighted by Crippen LogP contribution is -2.74. The Hall–Kier alpha value is -5.72. The minimum atomic E-state index is -1.13. The average Bonchev–Trinajstić information content (AvgIpc) is 3.53. The van der Waals surface area contributed by atoms with E-state index in [1.165, 1.54) is 6.07 Å². The molecule has 1 unspecified atom stereocenters. The van der Waals surface area contributed by atoms with Crippen molar-refractivity contribution in [2.75, 3.05) is 18.0 Å². The van der Waals surface area contributed by atoms with Gasteiger partial charge in [-0.05, 0) is 54.4 Å². The molecule has 0 spiro atoms. The van der Waals surface area contributed by atoms with Gasteiger partial charge in [0.25, 0.3) is 17.7 Å². The first-order valence-corrected chi connectivity index (χ1v) is 18.1. The zero-order chi connectivity index (χ0) is 38.4. The molecule has 0 radical (unpaired) electrons. The second-order valence-electron chi connectivity index (χ2n) is 15.8. The number of rotatable bonds is 5. The van der Waals surface area contributed by atoms with Crippen LogP contribution in [0, 0.1) is 45.7 Å². The Balaban J connectivity index is 0.920. The van der Waals surface area contributed by atoms with Gasteiger partial charge < -0.3 is 14.5 Å². The van der Waals surface area contributed by atoms with E-state index in [4.69, 9.17) is 16.3 Å². The molecule has 1 atom stereocenters. The average molecular weight is 748 g/mol. The van der Waals surface area contributed by atoms with E-state index in [0.717, 1.165) is 22.1 Å². The Bertz CT molecular complexity index is 2320. The normalized spacial score (nSPS) is 23.8. The number of anilines is 1. The van der Waals surface area contributed by atoms with Crippen molar-refractivity contribution in [2.45, 2.75) is 65.3 Å². The second kappa shape index (κ2) is 12.4. The van der Waals surface area contributed by atoms with Crippen LogP contribution in [-0.4, -0.2) is 70.6 Å². The lowest BCUT2D eigenvalue weighted by atomic mass is 9.49. The summed E-state index contributed by atoms with van der Waals surface area (Å²) in [5, 5.41) is 11.7. The molecule has 3 fully saturated rings. The van der Waals surface area contributed by atoms with E-state index in [-0.39, 0.29) is 53.6 Å². The fourth-order valence-electron chi connectivity index (χ4n) is 9.31. The number of amides is 5. The van der Waals surface area contributed by atoms with Gasteiger partial charge in [-0.1, -0.05) is 51.1 Å². The Morgan fingerprint density at radius 2 is 1.61 bits per heavy atom. The summed E-state index contributed by atoms with van der Waals surface area (Å²) in [6.45, 7) is 9.62. The van der Waals surface area contributed by atoms with Crippen molar-refractivity contribution >= 4 is 46.8 Å². The molecule has 1 saturated carbocycles. The van der Waals surface area contributed by atoms with Crippen molar-refractivity contribution < 1.29 is 33.1 Å². The molecule has 5 aliphatic rings. The first-order valence-electron chi connectivity index (χ1n) is 17.7. The highest BCUT2D eigenvalue weighted by Crippen LogP contribution is 2.59. The maximum atomic E-state index is 15.3. The SMILES string of the molecule is CC1(C)[C@H](Oc2ccc(C#N)c(Cl)c2)C(C)(C)[C@H]1N1Cc2cc(C#CC3CN(c4cc5c(cc4F)C(=O)N(C4CCC(=O)NC4=O)C5=O)C3)ccc2C1=O. The summed E-state index contributed by atoms with van der Waals surface area (Å²) in [7, 11) is 0. The zero-order valence-corrected chi connectivity index (χ0v) is 30.7. The van der Waals surface area contributed by atoms with Crippen molar-refractivity contribution in [2.24, 2.45) is 16.7 Å². The number of ether oxygens (including phenoxy) is 1. The van der Waals surface area contributed by atoms with Crippen molar-refractivity contribution in [3.05, 3.63) is 92.8 Å². The van der Waals surface area contributed by atoms with Gasteiger partial charge in [0.1, 0.15) is 29.8 Å².